The lowest BCUT2D eigenvalue weighted by Crippen LogP contribution is -2.60. The lowest BCUT2D eigenvalue weighted by atomic mass is 10.3. The molecule has 0 aliphatic carbocycles. The Bertz CT molecular complexity index is 292. The van der Waals surface area contributed by atoms with Crippen molar-refractivity contribution in [2.75, 3.05) is 0 Å². The first-order valence-corrected chi connectivity index (χ1v) is 17.4. The SMILES string of the molecule is CCC(C)(O[Si](C)(C)C(C)O[Si](C)(C)C)[Si](C)(C)C. The van der Waals surface area contributed by atoms with E-state index in [0.29, 0.717) is 0 Å². The Hall–Kier alpha value is 0.571. The van der Waals surface area contributed by atoms with E-state index < -0.39 is 24.7 Å². The van der Waals surface area contributed by atoms with Gasteiger partial charge in [0.25, 0.3) is 0 Å². The number of rotatable bonds is 7. The smallest absolute Gasteiger partial charge is 0.213 e. The highest BCUT2D eigenvalue weighted by Crippen LogP contribution is 2.33. The molecule has 2 atom stereocenters. The van der Waals surface area contributed by atoms with E-state index in [9.17, 15) is 0 Å². The van der Waals surface area contributed by atoms with Gasteiger partial charge in [-0.05, 0) is 53.0 Å². The van der Waals surface area contributed by atoms with E-state index in [1.807, 2.05) is 0 Å². The van der Waals surface area contributed by atoms with Gasteiger partial charge < -0.3 is 8.85 Å². The normalized spacial score (nSPS) is 19.1. The van der Waals surface area contributed by atoms with Gasteiger partial charge >= 0.3 is 0 Å². The van der Waals surface area contributed by atoms with E-state index in [-0.39, 0.29) is 11.0 Å². The van der Waals surface area contributed by atoms with Crippen LogP contribution in [0.2, 0.25) is 52.4 Å². The van der Waals surface area contributed by atoms with E-state index in [4.69, 9.17) is 8.85 Å². The second-order valence-electron chi connectivity index (χ2n) is 8.41. The zero-order valence-corrected chi connectivity index (χ0v) is 18.1. The van der Waals surface area contributed by atoms with Crippen molar-refractivity contribution in [2.45, 2.75) is 90.5 Å². The first-order valence-electron chi connectivity index (χ1n) is 7.52. The minimum Gasteiger partial charge on any atom is -0.415 e. The average molecular weight is 321 g/mol. The van der Waals surface area contributed by atoms with Gasteiger partial charge in [0.05, 0.1) is 13.8 Å². The van der Waals surface area contributed by atoms with Crippen LogP contribution in [0.25, 0.3) is 0 Å². The molecular weight excluding hydrogens is 284 g/mol. The van der Waals surface area contributed by atoms with Gasteiger partial charge in [-0.25, -0.2) is 0 Å². The lowest BCUT2D eigenvalue weighted by Gasteiger charge is -2.47. The van der Waals surface area contributed by atoms with Crippen LogP contribution in [0.4, 0.5) is 0 Å². The Kier molecular flexibility index (Phi) is 6.32. The summed E-state index contributed by atoms with van der Waals surface area (Å²) in [5.41, 5.74) is 0.265. The van der Waals surface area contributed by atoms with Crippen LogP contribution in [0.1, 0.15) is 27.2 Å². The highest BCUT2D eigenvalue weighted by atomic mass is 28.4. The van der Waals surface area contributed by atoms with E-state index in [1.165, 1.54) is 0 Å². The Morgan fingerprint density at radius 2 is 1.37 bits per heavy atom. The minimum atomic E-state index is -1.84. The Balaban J connectivity index is 5.03. The number of hydrogen-bond donors (Lipinski definition) is 0. The van der Waals surface area contributed by atoms with E-state index in [2.05, 4.69) is 73.1 Å². The van der Waals surface area contributed by atoms with Crippen LogP contribution in [-0.2, 0) is 8.85 Å². The van der Waals surface area contributed by atoms with Gasteiger partial charge in [0.1, 0.15) is 0 Å². The average Bonchev–Trinajstić information content (AvgIpc) is 2.12. The molecule has 0 N–H and O–H groups in total. The van der Waals surface area contributed by atoms with Crippen molar-refractivity contribution < 1.29 is 8.85 Å². The first-order chi connectivity index (χ1) is 8.15. The molecule has 0 aromatic heterocycles. The third kappa shape index (κ3) is 5.83. The van der Waals surface area contributed by atoms with E-state index in [0.717, 1.165) is 6.42 Å². The topological polar surface area (TPSA) is 18.5 Å². The molecule has 0 aliphatic heterocycles. The molecule has 116 valence electrons. The second kappa shape index (κ2) is 6.13. The Morgan fingerprint density at radius 1 is 0.947 bits per heavy atom. The summed E-state index contributed by atoms with van der Waals surface area (Å²) in [5, 5.41) is 0.0553. The summed E-state index contributed by atoms with van der Waals surface area (Å²) in [6.45, 7) is 25.4. The fourth-order valence-electron chi connectivity index (χ4n) is 2.09. The summed E-state index contributed by atoms with van der Waals surface area (Å²) in [5.74, 6) is 0. The molecule has 5 heteroatoms. The van der Waals surface area contributed by atoms with Crippen LogP contribution in [-0.4, -0.2) is 35.7 Å². The molecule has 2 unspecified atom stereocenters. The van der Waals surface area contributed by atoms with Crippen molar-refractivity contribution in [2.24, 2.45) is 0 Å². The van der Waals surface area contributed by atoms with Gasteiger partial charge in [-0.2, -0.15) is 0 Å². The molecule has 2 nitrogen and oxygen atoms in total. The summed E-state index contributed by atoms with van der Waals surface area (Å²) in [6.07, 6.45) is 1.10. The van der Waals surface area contributed by atoms with Crippen molar-refractivity contribution in [3.8, 4) is 0 Å². The van der Waals surface area contributed by atoms with Gasteiger partial charge in [0.2, 0.25) is 8.32 Å². The van der Waals surface area contributed by atoms with Crippen LogP contribution in [0.15, 0.2) is 0 Å². The summed E-state index contributed by atoms with van der Waals surface area (Å²) < 4.78 is 13.0. The molecule has 0 fully saturated rings. The van der Waals surface area contributed by atoms with Crippen LogP contribution < -0.4 is 0 Å². The van der Waals surface area contributed by atoms with Crippen molar-refractivity contribution >= 4 is 24.7 Å². The summed E-state index contributed by atoms with van der Waals surface area (Å²) in [6, 6.07) is 0. The van der Waals surface area contributed by atoms with Crippen molar-refractivity contribution in [3.63, 3.8) is 0 Å². The molecule has 0 amide bonds. The van der Waals surface area contributed by atoms with E-state index >= 15 is 0 Å². The summed E-state index contributed by atoms with van der Waals surface area (Å²) >= 11 is 0. The zero-order valence-electron chi connectivity index (χ0n) is 15.1. The van der Waals surface area contributed by atoms with Gasteiger partial charge in [-0.3, -0.25) is 0 Å². The molecule has 0 aromatic rings. The third-order valence-electron chi connectivity index (χ3n) is 4.26. The lowest BCUT2D eigenvalue weighted by molar-refractivity contribution is 0.124. The van der Waals surface area contributed by atoms with Crippen LogP contribution in [0.3, 0.4) is 0 Å². The highest BCUT2D eigenvalue weighted by molar-refractivity contribution is 6.81. The number of hydrogen-bond acceptors (Lipinski definition) is 2. The predicted octanol–water partition coefficient (Wildman–Crippen LogP) is 5.03. The molecule has 0 heterocycles. The van der Waals surface area contributed by atoms with E-state index in [1.54, 1.807) is 0 Å². The molecular formula is C14H36O2Si3. The van der Waals surface area contributed by atoms with Gasteiger partial charge in [-0.1, -0.05) is 26.6 Å². The molecule has 0 spiro atoms. The molecule has 0 aliphatic rings. The Morgan fingerprint density at radius 3 is 1.63 bits per heavy atom. The highest BCUT2D eigenvalue weighted by Gasteiger charge is 2.46. The summed E-state index contributed by atoms with van der Waals surface area (Å²) in [4.78, 5) is 0. The second-order valence-corrected chi connectivity index (χ2v) is 22.7. The van der Waals surface area contributed by atoms with Gasteiger partial charge in [0, 0.05) is 5.22 Å². The first kappa shape index (κ1) is 19.6. The standard InChI is InChI=1S/C14H36O2Si3/c1-12-14(3,17(4,5)6)16-19(10,11)13(2)15-18(7,8)9/h13H,12H2,1-11H3. The molecule has 19 heavy (non-hydrogen) atoms. The van der Waals surface area contributed by atoms with Crippen molar-refractivity contribution in [1.29, 1.82) is 0 Å². The van der Waals surface area contributed by atoms with Crippen LogP contribution in [0, 0.1) is 0 Å². The Labute approximate surface area is 124 Å². The largest absolute Gasteiger partial charge is 0.415 e. The molecule has 0 saturated heterocycles. The van der Waals surface area contributed by atoms with Crippen LogP contribution >= 0.6 is 0 Å². The predicted molar refractivity (Wildman–Crippen MR) is 94.5 cm³/mol. The van der Waals surface area contributed by atoms with Gasteiger partial charge in [0.15, 0.2) is 8.32 Å². The maximum absolute atomic E-state index is 6.74. The maximum Gasteiger partial charge on any atom is 0.213 e. The van der Waals surface area contributed by atoms with Crippen molar-refractivity contribution in [1.82, 2.24) is 0 Å². The maximum atomic E-state index is 6.74. The molecule has 0 aromatic carbocycles. The van der Waals surface area contributed by atoms with Crippen molar-refractivity contribution in [3.05, 3.63) is 0 Å². The quantitative estimate of drug-likeness (QED) is 0.612. The molecule has 0 bridgehead atoms. The monoisotopic (exact) mass is 320 g/mol. The third-order valence-corrected chi connectivity index (χ3v) is 12.4. The van der Waals surface area contributed by atoms with Crippen LogP contribution in [0.5, 0.6) is 0 Å². The zero-order chi connectivity index (χ0) is 15.7. The minimum absolute atomic E-state index is 0.0553. The van der Waals surface area contributed by atoms with Gasteiger partial charge in [-0.15, -0.1) is 0 Å². The molecule has 0 rings (SSSR count). The summed E-state index contributed by atoms with van der Waals surface area (Å²) in [7, 11) is -4.69. The molecule has 0 radical (unpaired) electrons. The fourth-order valence-corrected chi connectivity index (χ4v) is 9.89. The fraction of sp³-hybridized carbons (Fsp3) is 1.00. The molecule has 0 saturated carbocycles.